The number of benzene rings is 1. The van der Waals surface area contributed by atoms with Crippen LogP contribution in [0.15, 0.2) is 60.4 Å². The Morgan fingerprint density at radius 2 is 1.71 bits per heavy atom. The van der Waals surface area contributed by atoms with Crippen molar-refractivity contribution in [3.8, 4) is 5.75 Å². The molecule has 1 rings (SSSR count). The predicted octanol–water partition coefficient (Wildman–Crippen LogP) is 6.85. The van der Waals surface area contributed by atoms with Crippen molar-refractivity contribution in [2.75, 3.05) is 0 Å². The molecule has 0 radical (unpaired) electrons. The molecule has 0 heterocycles. The lowest BCUT2D eigenvalue weighted by Gasteiger charge is -2.10. The van der Waals surface area contributed by atoms with Crippen LogP contribution < -0.4 is 4.74 Å². The van der Waals surface area contributed by atoms with Crippen molar-refractivity contribution >= 4 is 0 Å². The van der Waals surface area contributed by atoms with Gasteiger partial charge < -0.3 is 4.74 Å². The van der Waals surface area contributed by atoms with Gasteiger partial charge >= 0.3 is 0 Å². The molecule has 0 fully saturated rings. The van der Waals surface area contributed by atoms with E-state index in [1.807, 2.05) is 26.0 Å². The second-order valence-corrected chi connectivity index (χ2v) is 4.63. The Labute approximate surface area is 132 Å². The van der Waals surface area contributed by atoms with E-state index in [0.717, 1.165) is 17.9 Å². The summed E-state index contributed by atoms with van der Waals surface area (Å²) in [6.45, 7) is 20.5. The molecule has 0 unspecified atom stereocenters. The Kier molecular flexibility index (Phi) is 13.6. The molecular weight excluding hydrogens is 256 g/mol. The molecule has 1 aromatic rings. The molecule has 0 amide bonds. The van der Waals surface area contributed by atoms with Crippen LogP contribution in [-0.4, -0.2) is 0 Å². The van der Waals surface area contributed by atoms with Gasteiger partial charge in [-0.25, -0.2) is 0 Å². The summed E-state index contributed by atoms with van der Waals surface area (Å²) in [4.78, 5) is 0. The average Bonchev–Trinajstić information content (AvgIpc) is 2.50. The van der Waals surface area contributed by atoms with Crippen LogP contribution in [0.25, 0.3) is 0 Å². The number of hydrogen-bond acceptors (Lipinski definition) is 1. The molecule has 0 aliphatic rings. The molecule has 1 nitrogen and oxygen atoms in total. The summed E-state index contributed by atoms with van der Waals surface area (Å²) in [6.07, 6.45) is 3.17. The molecule has 21 heavy (non-hydrogen) atoms. The molecule has 0 aliphatic heterocycles. The van der Waals surface area contributed by atoms with Gasteiger partial charge in [-0.15, -0.1) is 13.2 Å². The van der Waals surface area contributed by atoms with Crippen molar-refractivity contribution in [1.82, 2.24) is 0 Å². The highest BCUT2D eigenvalue weighted by Crippen LogP contribution is 2.19. The first-order valence-corrected chi connectivity index (χ1v) is 7.62. The second-order valence-electron chi connectivity index (χ2n) is 4.63. The number of aryl methyl sites for hydroxylation is 1. The standard InChI is InChI=1S/C16H22O.C2H6.C2H4/c1-6-13(4)11-16(12(2)3)17-15-9-7-8-14(5)10-15;2*1-2/h7-11H,6H2,1-5H3;1-2H3;1-2H2/b13-11-;;. The quantitative estimate of drug-likeness (QED) is 0.334. The SMILES string of the molecule is C=C.CC.CC/C(C)=C\C(Oc1cccc(C)c1)=C(C)C. The summed E-state index contributed by atoms with van der Waals surface area (Å²) in [7, 11) is 0. The Hall–Kier alpha value is -1.76. The zero-order valence-electron chi connectivity index (χ0n) is 14.9. The molecule has 0 N–H and O–H groups in total. The minimum atomic E-state index is 0.904. The molecule has 1 heteroatoms. The third-order valence-electron chi connectivity index (χ3n) is 2.65. The molecule has 1 aromatic carbocycles. The fourth-order valence-electron chi connectivity index (χ4n) is 1.41. The van der Waals surface area contributed by atoms with Gasteiger partial charge in [0.25, 0.3) is 0 Å². The third-order valence-corrected chi connectivity index (χ3v) is 2.65. The van der Waals surface area contributed by atoms with Crippen LogP contribution in [0.1, 0.15) is 53.5 Å². The summed E-state index contributed by atoms with van der Waals surface area (Å²) in [5, 5.41) is 0. The van der Waals surface area contributed by atoms with Gasteiger partial charge in [0.15, 0.2) is 0 Å². The maximum Gasteiger partial charge on any atom is 0.127 e. The summed E-state index contributed by atoms with van der Waals surface area (Å²) in [5.41, 5.74) is 3.74. The van der Waals surface area contributed by atoms with Crippen LogP contribution in [0.2, 0.25) is 0 Å². The molecule has 0 aliphatic carbocycles. The number of ether oxygens (including phenoxy) is 1. The van der Waals surface area contributed by atoms with Crippen LogP contribution in [0.5, 0.6) is 5.75 Å². The lowest BCUT2D eigenvalue weighted by Crippen LogP contribution is -1.96. The zero-order chi connectivity index (χ0) is 16.8. The van der Waals surface area contributed by atoms with E-state index < -0.39 is 0 Å². The number of rotatable bonds is 4. The van der Waals surface area contributed by atoms with Crippen molar-refractivity contribution in [3.05, 3.63) is 66.0 Å². The minimum Gasteiger partial charge on any atom is -0.457 e. The maximum atomic E-state index is 5.93. The molecule has 0 bridgehead atoms. The van der Waals surface area contributed by atoms with E-state index in [9.17, 15) is 0 Å². The van der Waals surface area contributed by atoms with Gasteiger partial charge in [-0.3, -0.25) is 0 Å². The Morgan fingerprint density at radius 3 is 2.14 bits per heavy atom. The lowest BCUT2D eigenvalue weighted by atomic mass is 10.1. The van der Waals surface area contributed by atoms with E-state index in [2.05, 4.69) is 66.0 Å². The van der Waals surface area contributed by atoms with Gasteiger partial charge in [-0.1, -0.05) is 38.5 Å². The predicted molar refractivity (Wildman–Crippen MR) is 96.8 cm³/mol. The summed E-state index contributed by atoms with van der Waals surface area (Å²) in [6, 6.07) is 8.13. The number of allylic oxidation sites excluding steroid dienone is 3. The molecule has 0 atom stereocenters. The fraction of sp³-hybridized carbons (Fsp3) is 0.400. The monoisotopic (exact) mass is 288 g/mol. The van der Waals surface area contributed by atoms with Crippen LogP contribution in [0, 0.1) is 6.92 Å². The van der Waals surface area contributed by atoms with Crippen LogP contribution in [0.3, 0.4) is 0 Å². The number of hydrogen-bond donors (Lipinski definition) is 0. The highest BCUT2D eigenvalue weighted by atomic mass is 16.5. The highest BCUT2D eigenvalue weighted by Gasteiger charge is 2.01. The van der Waals surface area contributed by atoms with Crippen molar-refractivity contribution in [2.45, 2.75) is 54.9 Å². The topological polar surface area (TPSA) is 9.23 Å². The van der Waals surface area contributed by atoms with Gasteiger partial charge in [0.1, 0.15) is 11.5 Å². The van der Waals surface area contributed by atoms with E-state index in [-0.39, 0.29) is 0 Å². The van der Waals surface area contributed by atoms with Gasteiger partial charge in [-0.05, 0) is 63.5 Å². The van der Waals surface area contributed by atoms with Crippen LogP contribution >= 0.6 is 0 Å². The summed E-state index contributed by atoms with van der Waals surface area (Å²) in [5.74, 6) is 1.86. The Balaban J connectivity index is 0. The molecule has 118 valence electrons. The third kappa shape index (κ3) is 9.73. The van der Waals surface area contributed by atoms with Gasteiger partial charge in [0.05, 0.1) is 0 Å². The molecule has 0 saturated heterocycles. The van der Waals surface area contributed by atoms with Gasteiger partial charge in [0.2, 0.25) is 0 Å². The summed E-state index contributed by atoms with van der Waals surface area (Å²) < 4.78 is 5.93. The largest absolute Gasteiger partial charge is 0.457 e. The first kappa shape index (κ1) is 21.5. The van der Waals surface area contributed by atoms with Crippen LogP contribution in [-0.2, 0) is 0 Å². The van der Waals surface area contributed by atoms with E-state index >= 15 is 0 Å². The van der Waals surface area contributed by atoms with Gasteiger partial charge in [-0.2, -0.15) is 0 Å². The second kappa shape index (κ2) is 13.2. The molecule has 0 spiro atoms. The lowest BCUT2D eigenvalue weighted by molar-refractivity contribution is 0.437. The van der Waals surface area contributed by atoms with E-state index in [0.29, 0.717) is 0 Å². The smallest absolute Gasteiger partial charge is 0.127 e. The van der Waals surface area contributed by atoms with Crippen LogP contribution in [0.4, 0.5) is 0 Å². The molecule has 0 aromatic heterocycles. The van der Waals surface area contributed by atoms with Crippen molar-refractivity contribution in [2.24, 2.45) is 0 Å². The van der Waals surface area contributed by atoms with Crippen molar-refractivity contribution in [1.29, 1.82) is 0 Å². The van der Waals surface area contributed by atoms with E-state index in [1.165, 1.54) is 16.7 Å². The first-order valence-electron chi connectivity index (χ1n) is 7.62. The van der Waals surface area contributed by atoms with Crippen molar-refractivity contribution < 1.29 is 4.74 Å². The summed E-state index contributed by atoms with van der Waals surface area (Å²) >= 11 is 0. The minimum absolute atomic E-state index is 0.904. The Bertz CT molecular complexity index is 449. The zero-order valence-corrected chi connectivity index (χ0v) is 14.9. The molecular formula is C20H32O. The Morgan fingerprint density at radius 1 is 1.14 bits per heavy atom. The highest BCUT2D eigenvalue weighted by molar-refractivity contribution is 5.32. The first-order chi connectivity index (χ1) is 10.0. The van der Waals surface area contributed by atoms with Gasteiger partial charge in [0, 0.05) is 0 Å². The molecule has 0 saturated carbocycles. The fourth-order valence-corrected chi connectivity index (χ4v) is 1.41. The van der Waals surface area contributed by atoms with E-state index in [4.69, 9.17) is 4.74 Å². The normalized spacial score (nSPS) is 9.57. The average molecular weight is 288 g/mol. The maximum absolute atomic E-state index is 5.93. The van der Waals surface area contributed by atoms with E-state index in [1.54, 1.807) is 0 Å². The van der Waals surface area contributed by atoms with Crippen molar-refractivity contribution in [3.63, 3.8) is 0 Å².